The molecule has 0 aliphatic carbocycles. The summed E-state index contributed by atoms with van der Waals surface area (Å²) in [6.45, 7) is 0.874. The molecule has 2 N–H and O–H groups in total. The molecule has 0 aliphatic heterocycles. The van der Waals surface area contributed by atoms with Crippen LogP contribution in [-0.4, -0.2) is 24.4 Å². The lowest BCUT2D eigenvalue weighted by atomic mass is 10.2. The summed E-state index contributed by atoms with van der Waals surface area (Å²) in [5, 5.41) is 5.79. The highest BCUT2D eigenvalue weighted by Crippen LogP contribution is 2.25. The van der Waals surface area contributed by atoms with Crippen LogP contribution in [-0.2, 0) is 14.3 Å². The Balaban J connectivity index is 1.93. The zero-order chi connectivity index (χ0) is 18.4. The Labute approximate surface area is 154 Å². The van der Waals surface area contributed by atoms with Crippen LogP contribution >= 0.6 is 23.2 Å². The minimum Gasteiger partial charge on any atom is -0.452 e. The van der Waals surface area contributed by atoms with Crippen LogP contribution in [0.3, 0.4) is 0 Å². The number of carbonyl (C=O) groups excluding carboxylic acids is 3. The van der Waals surface area contributed by atoms with Crippen molar-refractivity contribution in [2.75, 3.05) is 17.2 Å². The van der Waals surface area contributed by atoms with Gasteiger partial charge in [-0.15, -0.1) is 0 Å². The molecule has 0 heterocycles. The predicted octanol–water partition coefficient (Wildman–Crippen LogP) is 3.75. The topological polar surface area (TPSA) is 84.5 Å². The number of anilines is 2. The van der Waals surface area contributed by atoms with E-state index in [9.17, 15) is 14.4 Å². The van der Waals surface area contributed by atoms with Crippen LogP contribution in [0.1, 0.15) is 17.3 Å². The Morgan fingerprint density at radius 3 is 2.48 bits per heavy atom. The summed E-state index contributed by atoms with van der Waals surface area (Å²) in [6.07, 6.45) is 0. The molecule has 2 aromatic rings. The predicted molar refractivity (Wildman–Crippen MR) is 96.1 cm³/mol. The summed E-state index contributed by atoms with van der Waals surface area (Å²) in [5.41, 5.74) is 1.03. The number of hydrogen-bond donors (Lipinski definition) is 2. The van der Waals surface area contributed by atoms with E-state index in [2.05, 4.69) is 10.6 Å². The quantitative estimate of drug-likeness (QED) is 0.773. The molecule has 8 heteroatoms. The summed E-state index contributed by atoms with van der Waals surface area (Å²) in [6, 6.07) is 10.8. The fraction of sp³-hybridized carbons (Fsp3) is 0.118. The molecule has 0 fully saturated rings. The van der Waals surface area contributed by atoms with E-state index < -0.39 is 18.5 Å². The number of hydrogen-bond acceptors (Lipinski definition) is 4. The van der Waals surface area contributed by atoms with Gasteiger partial charge in [0.15, 0.2) is 6.61 Å². The second-order valence-corrected chi connectivity index (χ2v) is 5.85. The van der Waals surface area contributed by atoms with Crippen molar-refractivity contribution in [1.82, 2.24) is 0 Å². The molecular weight excluding hydrogens is 367 g/mol. The van der Waals surface area contributed by atoms with Crippen LogP contribution in [0.15, 0.2) is 42.5 Å². The third-order valence-corrected chi connectivity index (χ3v) is 3.51. The van der Waals surface area contributed by atoms with E-state index in [1.165, 1.54) is 25.1 Å². The van der Waals surface area contributed by atoms with Gasteiger partial charge in [-0.3, -0.25) is 9.59 Å². The minimum atomic E-state index is -0.690. The number of nitrogens with one attached hydrogen (secondary N) is 2. The van der Waals surface area contributed by atoms with Gasteiger partial charge in [0.05, 0.1) is 16.3 Å². The maximum atomic E-state index is 12.0. The van der Waals surface area contributed by atoms with Gasteiger partial charge in [-0.05, 0) is 36.4 Å². The van der Waals surface area contributed by atoms with Crippen molar-refractivity contribution in [3.05, 3.63) is 58.1 Å². The van der Waals surface area contributed by atoms with Gasteiger partial charge < -0.3 is 15.4 Å². The van der Waals surface area contributed by atoms with Crippen molar-refractivity contribution >= 4 is 52.4 Å². The first-order valence-corrected chi connectivity index (χ1v) is 7.90. The first-order valence-electron chi connectivity index (χ1n) is 7.15. The first-order chi connectivity index (χ1) is 11.8. The van der Waals surface area contributed by atoms with E-state index >= 15 is 0 Å². The summed E-state index contributed by atoms with van der Waals surface area (Å²) in [5.74, 6) is -1.50. The average molecular weight is 381 g/mol. The van der Waals surface area contributed by atoms with E-state index in [0.29, 0.717) is 16.4 Å². The number of esters is 1. The zero-order valence-corrected chi connectivity index (χ0v) is 14.6. The lowest BCUT2D eigenvalue weighted by Gasteiger charge is -2.09. The highest BCUT2D eigenvalue weighted by Gasteiger charge is 2.12. The number of amides is 2. The zero-order valence-electron chi connectivity index (χ0n) is 13.1. The van der Waals surface area contributed by atoms with Gasteiger partial charge in [0, 0.05) is 17.6 Å². The van der Waals surface area contributed by atoms with Crippen molar-refractivity contribution in [1.29, 1.82) is 0 Å². The molecule has 0 atom stereocenters. The van der Waals surface area contributed by atoms with Crippen molar-refractivity contribution in [2.45, 2.75) is 6.92 Å². The lowest BCUT2D eigenvalue weighted by Crippen LogP contribution is -2.21. The monoisotopic (exact) mass is 380 g/mol. The molecule has 25 heavy (non-hydrogen) atoms. The Bertz CT molecular complexity index is 824. The summed E-state index contributed by atoms with van der Waals surface area (Å²) in [7, 11) is 0. The summed E-state index contributed by atoms with van der Waals surface area (Å²) < 4.78 is 4.95. The van der Waals surface area contributed by atoms with Gasteiger partial charge in [0.25, 0.3) is 5.91 Å². The van der Waals surface area contributed by atoms with Crippen molar-refractivity contribution in [3.63, 3.8) is 0 Å². The maximum Gasteiger partial charge on any atom is 0.338 e. The third kappa shape index (κ3) is 5.77. The molecule has 0 bridgehead atoms. The molecule has 130 valence electrons. The second kappa shape index (κ2) is 8.50. The molecule has 0 aliphatic rings. The van der Waals surface area contributed by atoms with Crippen LogP contribution in [0, 0.1) is 0 Å². The third-order valence-electron chi connectivity index (χ3n) is 2.96. The summed E-state index contributed by atoms with van der Waals surface area (Å²) >= 11 is 11.7. The fourth-order valence-electron chi connectivity index (χ4n) is 1.92. The van der Waals surface area contributed by atoms with E-state index in [0.717, 1.165) is 0 Å². The normalized spacial score (nSPS) is 10.0. The Kier molecular flexibility index (Phi) is 6.38. The smallest absolute Gasteiger partial charge is 0.338 e. The summed E-state index contributed by atoms with van der Waals surface area (Å²) in [4.78, 5) is 34.9. The molecule has 0 aromatic heterocycles. The number of halogens is 2. The van der Waals surface area contributed by atoms with Crippen LogP contribution < -0.4 is 10.6 Å². The second-order valence-electron chi connectivity index (χ2n) is 5.01. The van der Waals surface area contributed by atoms with Gasteiger partial charge in [-0.2, -0.15) is 0 Å². The van der Waals surface area contributed by atoms with E-state index in [-0.39, 0.29) is 16.5 Å². The van der Waals surface area contributed by atoms with Gasteiger partial charge >= 0.3 is 5.97 Å². The molecule has 2 aromatic carbocycles. The standard InChI is InChI=1S/C17H14Cl2N2O4/c1-10(22)20-13-4-2-3-11(7-13)17(24)25-9-16(23)21-15-6-5-12(18)8-14(15)19/h2-8H,9H2,1H3,(H,20,22)(H,21,23). The van der Waals surface area contributed by atoms with Gasteiger partial charge in [-0.25, -0.2) is 4.79 Å². The highest BCUT2D eigenvalue weighted by atomic mass is 35.5. The molecule has 0 saturated carbocycles. The molecule has 0 spiro atoms. The molecular formula is C17H14Cl2N2O4. The van der Waals surface area contributed by atoms with Gasteiger partial charge in [-0.1, -0.05) is 29.3 Å². The number of benzene rings is 2. The molecule has 0 radical (unpaired) electrons. The van der Waals surface area contributed by atoms with Crippen molar-refractivity contribution in [3.8, 4) is 0 Å². The van der Waals surface area contributed by atoms with Crippen LogP contribution in [0.4, 0.5) is 11.4 Å². The SMILES string of the molecule is CC(=O)Nc1cccc(C(=O)OCC(=O)Nc2ccc(Cl)cc2Cl)c1. The van der Waals surface area contributed by atoms with Crippen LogP contribution in [0.25, 0.3) is 0 Å². The van der Waals surface area contributed by atoms with Crippen LogP contribution in [0.2, 0.25) is 10.0 Å². The van der Waals surface area contributed by atoms with Gasteiger partial charge in [0.1, 0.15) is 0 Å². The van der Waals surface area contributed by atoms with E-state index in [1.54, 1.807) is 24.3 Å². The number of rotatable bonds is 5. The van der Waals surface area contributed by atoms with Crippen molar-refractivity contribution < 1.29 is 19.1 Å². The molecule has 0 unspecified atom stereocenters. The Morgan fingerprint density at radius 2 is 1.80 bits per heavy atom. The van der Waals surface area contributed by atoms with E-state index in [1.807, 2.05) is 0 Å². The average Bonchev–Trinajstić information content (AvgIpc) is 2.55. The van der Waals surface area contributed by atoms with E-state index in [4.69, 9.17) is 27.9 Å². The number of carbonyl (C=O) groups is 3. The highest BCUT2D eigenvalue weighted by molar-refractivity contribution is 6.36. The molecule has 6 nitrogen and oxygen atoms in total. The fourth-order valence-corrected chi connectivity index (χ4v) is 2.37. The lowest BCUT2D eigenvalue weighted by molar-refractivity contribution is -0.119. The maximum absolute atomic E-state index is 12.0. The molecule has 2 rings (SSSR count). The van der Waals surface area contributed by atoms with Gasteiger partial charge in [0.2, 0.25) is 5.91 Å². The number of ether oxygens (including phenoxy) is 1. The first kappa shape index (κ1) is 18.8. The Morgan fingerprint density at radius 1 is 1.04 bits per heavy atom. The molecule has 0 saturated heterocycles. The minimum absolute atomic E-state index is 0.212. The van der Waals surface area contributed by atoms with Crippen LogP contribution in [0.5, 0.6) is 0 Å². The molecule has 2 amide bonds. The Hall–Kier alpha value is -2.57. The largest absolute Gasteiger partial charge is 0.452 e. The van der Waals surface area contributed by atoms with Crippen molar-refractivity contribution in [2.24, 2.45) is 0 Å².